The van der Waals surface area contributed by atoms with Gasteiger partial charge in [-0.05, 0) is 24.1 Å². The number of Topliss-reactive ketones (excluding diaryl/α,β-unsaturated/α-hetero) is 1. The van der Waals surface area contributed by atoms with E-state index in [0.717, 1.165) is 0 Å². The number of ether oxygens (including phenoxy) is 1. The molecule has 24 heavy (non-hydrogen) atoms. The van der Waals surface area contributed by atoms with Crippen LogP contribution in [0.1, 0.15) is 39.1 Å². The van der Waals surface area contributed by atoms with Crippen molar-refractivity contribution >= 4 is 11.8 Å². The second kappa shape index (κ2) is 5.56. The number of rotatable bonds is 3. The molecule has 0 bridgehead atoms. The predicted molar refractivity (Wildman–Crippen MR) is 87.6 cm³/mol. The zero-order valence-electron chi connectivity index (χ0n) is 13.1. The molecule has 0 spiro atoms. The topological polar surface area (TPSA) is 63.6 Å². The van der Waals surface area contributed by atoms with Gasteiger partial charge < -0.3 is 9.84 Å². The molecule has 4 heteroatoms. The molecule has 0 amide bonds. The van der Waals surface area contributed by atoms with Crippen LogP contribution >= 0.6 is 0 Å². The predicted octanol–water partition coefficient (Wildman–Crippen LogP) is 2.95. The van der Waals surface area contributed by atoms with Gasteiger partial charge in [-0.1, -0.05) is 42.5 Å². The van der Waals surface area contributed by atoms with Crippen molar-refractivity contribution in [1.29, 1.82) is 0 Å². The Kier molecular flexibility index (Phi) is 3.50. The van der Waals surface area contributed by atoms with Crippen molar-refractivity contribution in [2.45, 2.75) is 18.4 Å². The molecule has 2 aromatic carbocycles. The van der Waals surface area contributed by atoms with Gasteiger partial charge in [-0.3, -0.25) is 4.79 Å². The maximum Gasteiger partial charge on any atom is 0.338 e. The van der Waals surface area contributed by atoms with E-state index in [1.54, 1.807) is 30.3 Å². The highest BCUT2D eigenvalue weighted by atomic mass is 16.5. The second-order valence-corrected chi connectivity index (χ2v) is 6.59. The lowest BCUT2D eigenvalue weighted by molar-refractivity contribution is -0.175. The monoisotopic (exact) mass is 322 g/mol. The van der Waals surface area contributed by atoms with Gasteiger partial charge in [-0.15, -0.1) is 0 Å². The van der Waals surface area contributed by atoms with E-state index in [9.17, 15) is 14.7 Å². The number of carbonyl (C=O) groups is 2. The minimum absolute atomic E-state index is 0.0830. The summed E-state index contributed by atoms with van der Waals surface area (Å²) in [6.07, 6.45) is 1.05. The average Bonchev–Trinajstić information content (AvgIpc) is 2.62. The highest BCUT2D eigenvalue weighted by molar-refractivity contribution is 5.99. The van der Waals surface area contributed by atoms with E-state index in [2.05, 4.69) is 0 Å². The van der Waals surface area contributed by atoms with E-state index >= 15 is 0 Å². The summed E-state index contributed by atoms with van der Waals surface area (Å²) in [4.78, 5) is 24.3. The first-order valence-corrected chi connectivity index (χ1v) is 8.18. The van der Waals surface area contributed by atoms with Gasteiger partial charge in [0.15, 0.2) is 5.78 Å². The molecule has 1 N–H and O–H groups in total. The minimum Gasteiger partial charge on any atom is -0.462 e. The van der Waals surface area contributed by atoms with Crippen LogP contribution in [0.5, 0.6) is 0 Å². The summed E-state index contributed by atoms with van der Waals surface area (Å²) in [6.45, 7) is 0.156. The fourth-order valence-corrected chi connectivity index (χ4v) is 3.99. The highest BCUT2D eigenvalue weighted by Crippen LogP contribution is 2.56. The van der Waals surface area contributed by atoms with Crippen LogP contribution in [0.15, 0.2) is 54.6 Å². The summed E-state index contributed by atoms with van der Waals surface area (Å²) in [6, 6.07) is 16.0. The Morgan fingerprint density at radius 3 is 2.62 bits per heavy atom. The largest absolute Gasteiger partial charge is 0.462 e. The third-order valence-electron chi connectivity index (χ3n) is 5.33. The number of ketones is 1. The number of benzene rings is 2. The fourth-order valence-electron chi connectivity index (χ4n) is 3.99. The van der Waals surface area contributed by atoms with Crippen LogP contribution in [-0.2, 0) is 10.3 Å². The van der Waals surface area contributed by atoms with Gasteiger partial charge in [0.1, 0.15) is 0 Å². The van der Waals surface area contributed by atoms with Crippen molar-refractivity contribution in [2.75, 3.05) is 6.61 Å². The number of hydrogen-bond acceptors (Lipinski definition) is 4. The first-order valence-electron chi connectivity index (χ1n) is 8.18. The molecule has 2 aliphatic rings. The zero-order valence-corrected chi connectivity index (χ0v) is 13.1. The Labute approximate surface area is 140 Å². The lowest BCUT2D eigenvalue weighted by Gasteiger charge is -2.55. The Bertz CT molecular complexity index is 798. The summed E-state index contributed by atoms with van der Waals surface area (Å²) in [5, 5.41) is 11.2. The molecule has 1 fully saturated rings. The first-order chi connectivity index (χ1) is 11.6. The number of esters is 1. The smallest absolute Gasteiger partial charge is 0.338 e. The third kappa shape index (κ3) is 2.18. The van der Waals surface area contributed by atoms with Crippen LogP contribution in [0.4, 0.5) is 0 Å². The molecule has 2 aliphatic carbocycles. The zero-order chi connectivity index (χ0) is 16.7. The Balaban J connectivity index is 1.52. The molecule has 0 heterocycles. The van der Waals surface area contributed by atoms with Crippen molar-refractivity contribution in [2.24, 2.45) is 11.8 Å². The number of fused-ring (bicyclic) bond motifs is 3. The van der Waals surface area contributed by atoms with E-state index in [1.165, 1.54) is 0 Å². The van der Waals surface area contributed by atoms with Crippen LogP contribution in [0, 0.1) is 11.8 Å². The molecule has 0 unspecified atom stereocenters. The standard InChI is InChI=1S/C20H18O4/c21-18-11-14-10-15(12-24-19(22)13-6-2-1-3-7-13)20(14,23)17-9-5-4-8-16(17)18/h1-9,14-15,23H,10-12H2/t14-,15-,20-/m1/s1. The molecule has 0 aromatic heterocycles. The van der Waals surface area contributed by atoms with Gasteiger partial charge >= 0.3 is 5.97 Å². The maximum absolute atomic E-state index is 12.2. The molecule has 3 atom stereocenters. The quantitative estimate of drug-likeness (QED) is 0.883. The van der Waals surface area contributed by atoms with Crippen LogP contribution in [-0.4, -0.2) is 23.5 Å². The van der Waals surface area contributed by atoms with Crippen molar-refractivity contribution < 1.29 is 19.4 Å². The van der Waals surface area contributed by atoms with Crippen molar-refractivity contribution in [3.8, 4) is 0 Å². The maximum atomic E-state index is 12.2. The molecule has 0 aliphatic heterocycles. The molecule has 122 valence electrons. The van der Waals surface area contributed by atoms with E-state index < -0.39 is 5.60 Å². The van der Waals surface area contributed by atoms with E-state index in [0.29, 0.717) is 29.5 Å². The molecular weight excluding hydrogens is 304 g/mol. The molecular formula is C20H18O4. The number of aliphatic hydroxyl groups is 1. The number of carbonyl (C=O) groups excluding carboxylic acids is 2. The third-order valence-corrected chi connectivity index (χ3v) is 5.33. The lowest BCUT2D eigenvalue weighted by atomic mass is 9.53. The summed E-state index contributed by atoms with van der Waals surface area (Å²) < 4.78 is 5.40. The van der Waals surface area contributed by atoms with Gasteiger partial charge in [-0.2, -0.15) is 0 Å². The molecule has 1 saturated carbocycles. The van der Waals surface area contributed by atoms with Crippen molar-refractivity contribution in [3.63, 3.8) is 0 Å². The lowest BCUT2D eigenvalue weighted by Crippen LogP contribution is -2.58. The summed E-state index contributed by atoms with van der Waals surface area (Å²) in [5.41, 5.74) is 0.703. The fraction of sp³-hybridized carbons (Fsp3) is 0.300. The second-order valence-electron chi connectivity index (χ2n) is 6.59. The average molecular weight is 322 g/mol. The Hall–Kier alpha value is -2.46. The molecule has 0 saturated heterocycles. The van der Waals surface area contributed by atoms with E-state index in [4.69, 9.17) is 4.74 Å². The molecule has 2 aromatic rings. The van der Waals surface area contributed by atoms with Crippen molar-refractivity contribution in [3.05, 3.63) is 71.3 Å². The van der Waals surface area contributed by atoms with Gasteiger partial charge in [0, 0.05) is 23.8 Å². The summed E-state index contributed by atoms with van der Waals surface area (Å²) in [5.74, 6) is -0.562. The molecule has 4 rings (SSSR count). The van der Waals surface area contributed by atoms with E-state index in [-0.39, 0.29) is 30.2 Å². The van der Waals surface area contributed by atoms with Gasteiger partial charge in [-0.25, -0.2) is 4.79 Å². The molecule has 0 radical (unpaired) electrons. The van der Waals surface area contributed by atoms with E-state index in [1.807, 2.05) is 24.3 Å². The number of hydrogen-bond donors (Lipinski definition) is 1. The van der Waals surface area contributed by atoms with Gasteiger partial charge in [0.25, 0.3) is 0 Å². The first kappa shape index (κ1) is 15.1. The summed E-state index contributed by atoms with van der Waals surface area (Å²) >= 11 is 0. The van der Waals surface area contributed by atoms with Crippen molar-refractivity contribution in [1.82, 2.24) is 0 Å². The van der Waals surface area contributed by atoms with Gasteiger partial charge in [0.05, 0.1) is 17.8 Å². The van der Waals surface area contributed by atoms with Gasteiger partial charge in [0.2, 0.25) is 0 Å². The Morgan fingerprint density at radius 1 is 1.12 bits per heavy atom. The summed E-state index contributed by atoms with van der Waals surface area (Å²) in [7, 11) is 0. The SMILES string of the molecule is O=C(OC[C@H]1C[C@@H]2CC(=O)c3ccccc3[C@]12O)c1ccccc1. The van der Waals surface area contributed by atoms with Crippen LogP contribution in [0.25, 0.3) is 0 Å². The van der Waals surface area contributed by atoms with Crippen LogP contribution < -0.4 is 0 Å². The Morgan fingerprint density at radius 2 is 1.83 bits per heavy atom. The highest BCUT2D eigenvalue weighted by Gasteiger charge is 2.59. The molecule has 4 nitrogen and oxygen atoms in total. The normalized spacial score (nSPS) is 27.6. The van der Waals surface area contributed by atoms with Crippen LogP contribution in [0.2, 0.25) is 0 Å². The minimum atomic E-state index is -1.07. The van der Waals surface area contributed by atoms with Crippen LogP contribution in [0.3, 0.4) is 0 Å².